The van der Waals surface area contributed by atoms with E-state index in [9.17, 15) is 0 Å². The molecule has 27 rings (SSSR count). The van der Waals surface area contributed by atoms with Crippen LogP contribution in [-0.2, 0) is 0 Å². The normalized spacial score (nSPS) is 11.9. The van der Waals surface area contributed by atoms with Gasteiger partial charge >= 0.3 is 0 Å². The van der Waals surface area contributed by atoms with Crippen molar-refractivity contribution in [1.82, 2.24) is 13.7 Å². The molecule has 124 heavy (non-hydrogen) atoms. The molecule has 0 N–H and O–H groups in total. The van der Waals surface area contributed by atoms with Gasteiger partial charge < -0.3 is 27.0 Å². The largest absolute Gasteiger partial charge is 0.455 e. The zero-order valence-electron chi connectivity index (χ0n) is 67.2. The molecule has 0 radical (unpaired) electrons. The minimum atomic E-state index is 0.917. The fraction of sp³-hybridized carbons (Fsp3) is 0. The van der Waals surface area contributed by atoms with Crippen LogP contribution in [0.2, 0.25) is 0 Å². The molecule has 0 saturated heterocycles. The van der Waals surface area contributed by atoms with Crippen LogP contribution in [0.3, 0.4) is 0 Å². The van der Waals surface area contributed by atoms with Crippen molar-refractivity contribution in [2.75, 3.05) is 0 Å². The third kappa shape index (κ3) is 11.2. The summed E-state index contributed by atoms with van der Waals surface area (Å²) >= 11 is 0. The Bertz CT molecular complexity index is 8990. The number of nitrogens with zero attached hydrogens (tertiary/aromatic N) is 3. The number of furan rings is 3. The van der Waals surface area contributed by atoms with Crippen LogP contribution in [0, 0.1) is 0 Å². The zero-order chi connectivity index (χ0) is 81.5. The number of aromatic nitrogens is 3. The molecule has 6 heteroatoms. The third-order valence-electron chi connectivity index (χ3n) is 25.6. The Morgan fingerprint density at radius 1 is 0.145 bits per heavy atom. The molecule has 0 amide bonds. The van der Waals surface area contributed by atoms with Gasteiger partial charge in [-0.2, -0.15) is 0 Å². The third-order valence-corrected chi connectivity index (χ3v) is 25.6. The van der Waals surface area contributed by atoms with Gasteiger partial charge in [0.25, 0.3) is 0 Å². The van der Waals surface area contributed by atoms with Crippen LogP contribution in [0.4, 0.5) is 0 Å². The van der Waals surface area contributed by atoms with Crippen molar-refractivity contribution in [1.29, 1.82) is 0 Å². The molecule has 0 fully saturated rings. The molecule has 0 saturated carbocycles. The maximum absolute atomic E-state index is 6.67. The molecule has 0 spiro atoms. The first kappa shape index (κ1) is 70.5. The predicted molar refractivity (Wildman–Crippen MR) is 521 cm³/mol. The van der Waals surface area contributed by atoms with Gasteiger partial charge in [0.2, 0.25) is 0 Å². The maximum Gasteiger partial charge on any atom is 0.143 e. The summed E-state index contributed by atoms with van der Waals surface area (Å²) in [7, 11) is 0. The highest BCUT2D eigenvalue weighted by atomic mass is 16.3. The summed E-state index contributed by atoms with van der Waals surface area (Å²) in [6, 6.07) is 158. The van der Waals surface area contributed by atoms with Crippen molar-refractivity contribution in [2.45, 2.75) is 0 Å². The van der Waals surface area contributed by atoms with E-state index in [1.165, 1.54) is 159 Å². The summed E-state index contributed by atoms with van der Waals surface area (Å²) in [6.07, 6.45) is 0. The van der Waals surface area contributed by atoms with Gasteiger partial charge in [0.15, 0.2) is 0 Å². The highest BCUT2D eigenvalue weighted by Gasteiger charge is 2.25. The van der Waals surface area contributed by atoms with Crippen LogP contribution < -0.4 is 0 Å². The van der Waals surface area contributed by atoms with Gasteiger partial charge in [0.1, 0.15) is 33.5 Å². The van der Waals surface area contributed by atoms with Crippen molar-refractivity contribution in [2.24, 2.45) is 0 Å². The Hall–Kier alpha value is -16.5. The van der Waals surface area contributed by atoms with Gasteiger partial charge in [-0.3, -0.25) is 0 Å². The van der Waals surface area contributed by atoms with E-state index < -0.39 is 0 Å². The second-order valence-corrected chi connectivity index (χ2v) is 32.4. The van der Waals surface area contributed by atoms with E-state index in [-0.39, 0.29) is 0 Å². The monoisotopic (exact) mass is 1580 g/mol. The molecule has 6 heterocycles. The van der Waals surface area contributed by atoms with E-state index in [1.807, 2.05) is 18.2 Å². The molecule has 0 unspecified atom stereocenters. The lowest BCUT2D eigenvalue weighted by Gasteiger charge is -2.13. The van der Waals surface area contributed by atoms with E-state index in [2.05, 4.69) is 438 Å². The standard InChI is InChI=1S/C44H27NO.C40H25NO.C34H21NO/c1-2-11-28(12-3-1)33-16-6-7-17-34(33)31-14-10-15-32(27-31)45-38-25-22-29-13-4-5-18-35(29)42(38)43-39(45)26-23-30-21-24-37-36-19-8-9-20-40(36)46-44(37)41(30)43;1-2-11-26(12-3-1)30-15-4-5-16-31(30)28-13-10-14-29(25-28)41-35-19-8-6-18-34(35)39-36(41)24-22-27-21-23-33-32-17-7-9-20-37(32)42-40(33)38(27)39;1-2-8-22(9-3-1)23-14-18-25(19-15-23)35-29-12-6-4-11-28(29)33-30(35)21-17-24-16-20-27-26-10-5-7-13-31(26)36-34(27)32(24)33/h1-27H;1-25H;1-21H. The summed E-state index contributed by atoms with van der Waals surface area (Å²) in [5.41, 5.74) is 28.3. The van der Waals surface area contributed by atoms with Gasteiger partial charge in [-0.25, -0.2) is 0 Å². The van der Waals surface area contributed by atoms with Crippen molar-refractivity contribution < 1.29 is 13.3 Å². The molecular weight excluding hydrogens is 1510 g/mol. The van der Waals surface area contributed by atoms with Gasteiger partial charge in [-0.1, -0.05) is 334 Å². The fourth-order valence-corrected chi connectivity index (χ4v) is 20.1. The number of hydrogen-bond donors (Lipinski definition) is 0. The SMILES string of the molecule is c1ccc(-c2ccc(-n3c4ccccc4c4c5c(ccc6c7ccccc7oc65)ccc43)cc2)cc1.c1ccc(-c2ccccc2-c2cccc(-n3c4ccc5ccccc5c4c4c5c(ccc6c7ccccc7oc65)ccc43)c2)cc1.c1ccc(-c2ccccc2-c2cccc(-n3c4ccccc4c4c5c(ccc6c7ccccc7oc65)ccc43)c2)cc1. The first-order chi connectivity index (χ1) is 61.5. The molecule has 578 valence electrons. The van der Waals surface area contributed by atoms with Crippen molar-refractivity contribution in [3.8, 4) is 72.7 Å². The Labute approximate surface area is 712 Å². The number of fused-ring (bicyclic) bond motifs is 29. The average molecular weight is 1580 g/mol. The summed E-state index contributed by atoms with van der Waals surface area (Å²) in [6.45, 7) is 0. The molecule has 0 aliphatic heterocycles. The van der Waals surface area contributed by atoms with Crippen LogP contribution >= 0.6 is 0 Å². The number of benzene rings is 21. The zero-order valence-corrected chi connectivity index (χ0v) is 67.2. The van der Waals surface area contributed by atoms with E-state index in [0.29, 0.717) is 0 Å². The lowest BCUT2D eigenvalue weighted by molar-refractivity contribution is 0.672. The smallest absolute Gasteiger partial charge is 0.143 e. The molecule has 0 aliphatic carbocycles. The van der Waals surface area contributed by atoms with Crippen LogP contribution in [0.1, 0.15) is 0 Å². The van der Waals surface area contributed by atoms with E-state index in [1.54, 1.807) is 0 Å². The molecular formula is C118H73N3O3. The first-order valence-electron chi connectivity index (χ1n) is 42.4. The van der Waals surface area contributed by atoms with Gasteiger partial charge in [0, 0.05) is 97.9 Å². The quantitative estimate of drug-likeness (QED) is 0.152. The summed E-state index contributed by atoms with van der Waals surface area (Å²) in [5, 5.41) is 23.9. The van der Waals surface area contributed by atoms with E-state index in [0.717, 1.165) is 88.3 Å². The predicted octanol–water partition coefficient (Wildman–Crippen LogP) is 33.0. The summed E-state index contributed by atoms with van der Waals surface area (Å²) < 4.78 is 26.9. The maximum atomic E-state index is 6.67. The van der Waals surface area contributed by atoms with Gasteiger partial charge in [-0.05, 0) is 192 Å². The van der Waals surface area contributed by atoms with Crippen LogP contribution in [-0.4, -0.2) is 13.7 Å². The van der Waals surface area contributed by atoms with Crippen molar-refractivity contribution >= 4 is 174 Å². The fourth-order valence-electron chi connectivity index (χ4n) is 20.1. The highest BCUT2D eigenvalue weighted by molar-refractivity contribution is 6.35. The minimum Gasteiger partial charge on any atom is -0.455 e. The number of hydrogen-bond acceptors (Lipinski definition) is 3. The van der Waals surface area contributed by atoms with Crippen molar-refractivity contribution in [3.63, 3.8) is 0 Å². The number of para-hydroxylation sites is 5. The van der Waals surface area contributed by atoms with Gasteiger partial charge in [-0.15, -0.1) is 0 Å². The molecule has 0 atom stereocenters. The van der Waals surface area contributed by atoms with E-state index in [4.69, 9.17) is 13.3 Å². The summed E-state index contributed by atoms with van der Waals surface area (Å²) in [5.74, 6) is 0. The Balaban J connectivity index is 0.000000103. The van der Waals surface area contributed by atoms with Crippen LogP contribution in [0.25, 0.3) is 247 Å². The second kappa shape index (κ2) is 28.6. The molecule has 0 bridgehead atoms. The minimum absolute atomic E-state index is 0.917. The molecule has 27 aromatic rings. The lowest BCUT2D eigenvalue weighted by Crippen LogP contribution is -1.95. The molecule has 6 nitrogen and oxygen atoms in total. The molecule has 21 aromatic carbocycles. The first-order valence-corrected chi connectivity index (χ1v) is 42.4. The Morgan fingerprint density at radius 3 is 0.887 bits per heavy atom. The topological polar surface area (TPSA) is 54.2 Å². The summed E-state index contributed by atoms with van der Waals surface area (Å²) in [4.78, 5) is 0. The molecule has 6 aromatic heterocycles. The Kier molecular flexibility index (Phi) is 16.3. The highest BCUT2D eigenvalue weighted by Crippen LogP contribution is 2.49. The second-order valence-electron chi connectivity index (χ2n) is 32.4. The average Bonchev–Trinajstić information content (AvgIpc) is 1.56. The van der Waals surface area contributed by atoms with E-state index >= 15 is 0 Å². The number of rotatable bonds is 8. The molecule has 0 aliphatic rings. The Morgan fingerprint density at radius 2 is 0.444 bits per heavy atom. The van der Waals surface area contributed by atoms with Crippen LogP contribution in [0.5, 0.6) is 0 Å². The van der Waals surface area contributed by atoms with Crippen molar-refractivity contribution in [3.05, 3.63) is 443 Å². The van der Waals surface area contributed by atoms with Gasteiger partial charge in [0.05, 0.1) is 33.1 Å². The lowest BCUT2D eigenvalue weighted by atomic mass is 9.94. The van der Waals surface area contributed by atoms with Crippen LogP contribution in [0.15, 0.2) is 456 Å².